The van der Waals surface area contributed by atoms with Crippen LogP contribution in [0.3, 0.4) is 0 Å². The molecule has 3 aromatic rings. The number of pyridine rings is 1. The monoisotopic (exact) mass is 288 g/mol. The highest BCUT2D eigenvalue weighted by Crippen LogP contribution is 2.31. The van der Waals surface area contributed by atoms with Crippen molar-refractivity contribution in [1.29, 1.82) is 0 Å². The van der Waals surface area contributed by atoms with Crippen molar-refractivity contribution in [3.8, 4) is 17.1 Å². The smallest absolute Gasteiger partial charge is 0.315 e. The zero-order valence-electron chi connectivity index (χ0n) is 10.9. The van der Waals surface area contributed by atoms with Crippen LogP contribution in [-0.2, 0) is 6.18 Å². The molecule has 1 aromatic carbocycles. The lowest BCUT2D eigenvalue weighted by molar-refractivity contribution is -0.137. The highest BCUT2D eigenvalue weighted by Gasteiger charge is 2.31. The Morgan fingerprint density at radius 1 is 0.905 bits per heavy atom. The number of para-hydroxylation sites is 1. The summed E-state index contributed by atoms with van der Waals surface area (Å²) in [6, 6.07) is 15.0. The minimum atomic E-state index is -4.37. The third-order valence-electron chi connectivity index (χ3n) is 3.13. The quantitative estimate of drug-likeness (QED) is 0.676. The Kier molecular flexibility index (Phi) is 3.25. The molecular formula is C16H11F3N2. The molecular weight excluding hydrogens is 277 g/mol. The summed E-state index contributed by atoms with van der Waals surface area (Å²) >= 11 is 0. The summed E-state index contributed by atoms with van der Waals surface area (Å²) in [7, 11) is 0. The zero-order valence-corrected chi connectivity index (χ0v) is 10.9. The molecule has 0 N–H and O–H groups in total. The maximum atomic E-state index is 12.8. The Morgan fingerprint density at radius 2 is 1.67 bits per heavy atom. The third kappa shape index (κ3) is 2.67. The van der Waals surface area contributed by atoms with E-state index in [0.29, 0.717) is 11.4 Å². The summed E-state index contributed by atoms with van der Waals surface area (Å²) in [6.45, 7) is 0. The highest BCUT2D eigenvalue weighted by molar-refractivity contribution is 5.59. The summed E-state index contributed by atoms with van der Waals surface area (Å²) in [6.07, 6.45) is -1.39. The van der Waals surface area contributed by atoms with Crippen LogP contribution < -0.4 is 0 Å². The lowest BCUT2D eigenvalue weighted by atomic mass is 10.2. The number of aromatic nitrogens is 2. The van der Waals surface area contributed by atoms with Crippen LogP contribution in [0.1, 0.15) is 5.56 Å². The molecule has 0 atom stereocenters. The van der Waals surface area contributed by atoms with Gasteiger partial charge >= 0.3 is 6.18 Å². The van der Waals surface area contributed by atoms with Crippen LogP contribution in [-0.4, -0.2) is 9.55 Å². The van der Waals surface area contributed by atoms with Crippen LogP contribution >= 0.6 is 0 Å². The topological polar surface area (TPSA) is 17.8 Å². The summed E-state index contributed by atoms with van der Waals surface area (Å²) in [4.78, 5) is 4.06. The first-order chi connectivity index (χ1) is 10.1. The maximum absolute atomic E-state index is 12.8. The van der Waals surface area contributed by atoms with Crippen molar-refractivity contribution in [2.75, 3.05) is 0 Å². The molecule has 2 heterocycles. The van der Waals surface area contributed by atoms with Crippen LogP contribution in [0.25, 0.3) is 17.1 Å². The first-order valence-electron chi connectivity index (χ1n) is 6.32. The number of benzene rings is 1. The molecule has 0 unspecified atom stereocenters. The number of halogens is 3. The molecule has 3 rings (SSSR count). The van der Waals surface area contributed by atoms with Gasteiger partial charge in [0.15, 0.2) is 0 Å². The van der Waals surface area contributed by atoms with Crippen molar-refractivity contribution < 1.29 is 13.2 Å². The van der Waals surface area contributed by atoms with Crippen LogP contribution in [0.5, 0.6) is 0 Å². The molecule has 0 bridgehead atoms. The van der Waals surface area contributed by atoms with E-state index in [9.17, 15) is 13.2 Å². The van der Waals surface area contributed by atoms with Crippen LogP contribution in [0.2, 0.25) is 0 Å². The minimum Gasteiger partial charge on any atom is -0.315 e. The molecule has 0 fully saturated rings. The van der Waals surface area contributed by atoms with E-state index >= 15 is 0 Å². The van der Waals surface area contributed by atoms with E-state index in [-0.39, 0.29) is 0 Å². The standard InChI is InChI=1S/C16H11F3N2/c17-16(18,19)12-8-9-20-14(11-12)15-7-4-10-21(15)13-5-2-1-3-6-13/h1-11H. The fourth-order valence-electron chi connectivity index (χ4n) is 2.15. The van der Waals surface area contributed by atoms with Gasteiger partial charge < -0.3 is 4.57 Å². The van der Waals surface area contributed by atoms with Gasteiger partial charge in [0.25, 0.3) is 0 Å². The van der Waals surface area contributed by atoms with Gasteiger partial charge in [0.2, 0.25) is 0 Å². The molecule has 0 saturated heterocycles. The molecule has 2 nitrogen and oxygen atoms in total. The molecule has 2 aromatic heterocycles. The van der Waals surface area contributed by atoms with Gasteiger partial charge in [-0.25, -0.2) is 0 Å². The Balaban J connectivity index is 2.09. The molecule has 0 aliphatic rings. The van der Waals surface area contributed by atoms with E-state index in [2.05, 4.69) is 4.98 Å². The Bertz CT molecular complexity index is 745. The maximum Gasteiger partial charge on any atom is 0.416 e. The number of rotatable bonds is 2. The Morgan fingerprint density at radius 3 is 2.38 bits per heavy atom. The lowest BCUT2D eigenvalue weighted by Crippen LogP contribution is -2.06. The molecule has 5 heteroatoms. The number of hydrogen-bond donors (Lipinski definition) is 0. The minimum absolute atomic E-state index is 0.290. The average Bonchev–Trinajstić information content (AvgIpc) is 2.97. The molecule has 0 amide bonds. The van der Waals surface area contributed by atoms with Crippen molar-refractivity contribution in [3.05, 3.63) is 72.6 Å². The fraction of sp³-hybridized carbons (Fsp3) is 0.0625. The van der Waals surface area contributed by atoms with Gasteiger partial charge in [-0.3, -0.25) is 4.98 Å². The van der Waals surface area contributed by atoms with E-state index in [4.69, 9.17) is 0 Å². The van der Waals surface area contributed by atoms with Gasteiger partial charge in [-0.05, 0) is 36.4 Å². The second-order valence-electron chi connectivity index (χ2n) is 4.53. The van der Waals surface area contributed by atoms with Crippen molar-refractivity contribution in [2.24, 2.45) is 0 Å². The highest BCUT2D eigenvalue weighted by atomic mass is 19.4. The SMILES string of the molecule is FC(F)(F)c1ccnc(-c2cccn2-c2ccccc2)c1. The molecule has 21 heavy (non-hydrogen) atoms. The molecule has 0 radical (unpaired) electrons. The molecule has 0 aliphatic heterocycles. The third-order valence-corrected chi connectivity index (χ3v) is 3.13. The first kappa shape index (κ1) is 13.4. The van der Waals surface area contributed by atoms with Gasteiger partial charge in [-0.2, -0.15) is 13.2 Å². The summed E-state index contributed by atoms with van der Waals surface area (Å²) in [5, 5.41) is 0. The van der Waals surface area contributed by atoms with Gasteiger partial charge in [-0.15, -0.1) is 0 Å². The van der Waals surface area contributed by atoms with Gasteiger partial charge in [-0.1, -0.05) is 18.2 Å². The largest absolute Gasteiger partial charge is 0.416 e. The van der Waals surface area contributed by atoms with Crippen molar-refractivity contribution in [1.82, 2.24) is 9.55 Å². The fourth-order valence-corrected chi connectivity index (χ4v) is 2.15. The first-order valence-corrected chi connectivity index (χ1v) is 6.32. The van der Waals surface area contributed by atoms with E-state index in [1.54, 1.807) is 18.3 Å². The Hall–Kier alpha value is -2.56. The van der Waals surface area contributed by atoms with E-state index in [1.165, 1.54) is 6.20 Å². The summed E-state index contributed by atoms with van der Waals surface area (Å²) in [5.74, 6) is 0. The van der Waals surface area contributed by atoms with E-state index in [1.807, 2.05) is 34.9 Å². The van der Waals surface area contributed by atoms with Gasteiger partial charge in [0.05, 0.1) is 17.0 Å². The average molecular weight is 288 g/mol. The van der Waals surface area contributed by atoms with E-state index in [0.717, 1.165) is 17.8 Å². The second-order valence-corrected chi connectivity index (χ2v) is 4.53. The molecule has 0 spiro atoms. The van der Waals surface area contributed by atoms with Crippen molar-refractivity contribution >= 4 is 0 Å². The Labute approximate surface area is 119 Å². The number of nitrogens with zero attached hydrogens (tertiary/aromatic N) is 2. The summed E-state index contributed by atoms with van der Waals surface area (Å²) in [5.41, 5.74) is 1.08. The van der Waals surface area contributed by atoms with Crippen molar-refractivity contribution in [2.45, 2.75) is 6.18 Å². The van der Waals surface area contributed by atoms with Crippen LogP contribution in [0.4, 0.5) is 13.2 Å². The molecule has 0 saturated carbocycles. The van der Waals surface area contributed by atoms with Crippen LogP contribution in [0, 0.1) is 0 Å². The number of hydrogen-bond acceptors (Lipinski definition) is 1. The normalized spacial score (nSPS) is 11.6. The van der Waals surface area contributed by atoms with Gasteiger partial charge in [0.1, 0.15) is 0 Å². The lowest BCUT2D eigenvalue weighted by Gasteiger charge is -2.11. The molecule has 106 valence electrons. The van der Waals surface area contributed by atoms with Crippen molar-refractivity contribution in [3.63, 3.8) is 0 Å². The van der Waals surface area contributed by atoms with E-state index < -0.39 is 11.7 Å². The zero-order chi connectivity index (χ0) is 14.9. The van der Waals surface area contributed by atoms with Gasteiger partial charge in [0, 0.05) is 18.1 Å². The predicted molar refractivity (Wildman–Crippen MR) is 74.0 cm³/mol. The predicted octanol–water partition coefficient (Wildman–Crippen LogP) is 4.56. The number of alkyl halides is 3. The molecule has 0 aliphatic carbocycles. The second kappa shape index (κ2) is 5.09. The summed E-state index contributed by atoms with van der Waals surface area (Å²) < 4.78 is 40.2. The van der Waals surface area contributed by atoms with Crippen LogP contribution in [0.15, 0.2) is 67.0 Å².